The highest BCUT2D eigenvalue weighted by atomic mass is 17.0. The summed E-state index contributed by atoms with van der Waals surface area (Å²) in [6.07, 6.45) is 8.19. The fraction of sp³-hybridized carbons (Fsp3) is 0.650. The summed E-state index contributed by atoms with van der Waals surface area (Å²) in [6, 6.07) is 6.15. The Kier molecular flexibility index (Phi) is 10.1. The first-order chi connectivity index (χ1) is 23.7. The number of hydrogen-bond donors (Lipinski definition) is 4. The number of hydrogen-bond acceptors (Lipinski definition) is 9. The number of ketones is 2. The van der Waals surface area contributed by atoms with Gasteiger partial charge in [-0.15, -0.1) is 0 Å². The van der Waals surface area contributed by atoms with Gasteiger partial charge in [-0.1, -0.05) is 27.7 Å². The maximum absolute atomic E-state index is 12.8. The molecule has 0 spiro atoms. The van der Waals surface area contributed by atoms with Crippen molar-refractivity contribution < 1.29 is 44.8 Å². The number of phenols is 4. The molecule has 6 atom stereocenters. The van der Waals surface area contributed by atoms with Gasteiger partial charge in [0, 0.05) is 47.9 Å². The predicted octanol–water partition coefficient (Wildman–Crippen LogP) is 7.71. The second kappa shape index (κ2) is 14.1. The smallest absolute Gasteiger partial charge is 0.477 e. The number of phenolic OH excluding ortho intramolecular Hbond substituents is 4. The van der Waals surface area contributed by atoms with E-state index < -0.39 is 0 Å². The van der Waals surface area contributed by atoms with Gasteiger partial charge in [-0.25, -0.2) is 0 Å². The zero-order valence-electron chi connectivity index (χ0n) is 30.0. The molecule has 0 amide bonds. The molecule has 2 aromatic carbocycles. The second-order valence-corrected chi connectivity index (χ2v) is 16.6. The Hall–Kier alpha value is -3.82. The van der Waals surface area contributed by atoms with Crippen LogP contribution in [0.3, 0.4) is 0 Å². The van der Waals surface area contributed by atoms with Gasteiger partial charge >= 0.3 is 5.09 Å². The molecule has 8 rings (SSSR count). The first-order valence-electron chi connectivity index (χ1n) is 18.6. The summed E-state index contributed by atoms with van der Waals surface area (Å²) in [6.45, 7) is 8.96. The Balaban J connectivity index is 0.890. The van der Waals surface area contributed by atoms with Gasteiger partial charge in [-0.05, 0) is 122 Å². The van der Waals surface area contributed by atoms with E-state index in [1.807, 2.05) is 0 Å². The van der Waals surface area contributed by atoms with Gasteiger partial charge in [-0.2, -0.15) is 9.68 Å². The Bertz CT molecular complexity index is 1510. The Morgan fingerprint density at radius 2 is 1.04 bits per heavy atom. The van der Waals surface area contributed by atoms with Crippen molar-refractivity contribution in [3.8, 4) is 23.0 Å². The van der Waals surface area contributed by atoms with Crippen molar-refractivity contribution in [2.24, 2.45) is 34.5 Å². The summed E-state index contributed by atoms with van der Waals surface area (Å²) in [5, 5.41) is 42.2. The van der Waals surface area contributed by atoms with Crippen molar-refractivity contribution >= 4 is 11.6 Å². The molecule has 0 aromatic heterocycles. The second-order valence-electron chi connectivity index (χ2n) is 16.6. The molecule has 0 unspecified atom stereocenters. The van der Waals surface area contributed by atoms with E-state index in [4.69, 9.17) is 9.68 Å². The van der Waals surface area contributed by atoms with Crippen LogP contribution < -0.4 is 0 Å². The molecule has 6 saturated carbocycles. The molecule has 10 heteroatoms. The number of aryl methyl sites for hydroxylation is 2. The van der Waals surface area contributed by atoms with Crippen molar-refractivity contribution in [2.75, 3.05) is 13.2 Å². The highest BCUT2D eigenvalue weighted by molar-refractivity contribution is 5.86. The molecule has 272 valence electrons. The molecule has 4 N–H and O–H groups in total. The number of unbranched alkanes of at least 4 members (excludes halogenated alkanes) is 4. The molecule has 0 aliphatic heterocycles. The molecular weight excluding hydrogens is 638 g/mol. The fourth-order valence-electron chi connectivity index (χ4n) is 10.1. The van der Waals surface area contributed by atoms with Crippen LogP contribution in [0.5, 0.6) is 23.0 Å². The van der Waals surface area contributed by atoms with Crippen LogP contribution in [0.1, 0.15) is 126 Å². The number of nitrogens with zero attached hydrogens (tertiary/aromatic N) is 1. The lowest BCUT2D eigenvalue weighted by Gasteiger charge is -2.59. The summed E-state index contributed by atoms with van der Waals surface area (Å²) < 4.78 is 0. The molecule has 0 radical (unpaired) electrons. The van der Waals surface area contributed by atoms with E-state index in [0.29, 0.717) is 50.4 Å². The van der Waals surface area contributed by atoms with E-state index >= 15 is 0 Å². The largest absolute Gasteiger partial charge is 0.508 e. The molecular formula is C40H54NO9+. The third-order valence-corrected chi connectivity index (χ3v) is 13.1. The lowest BCUT2D eigenvalue weighted by molar-refractivity contribution is -0.981. The minimum absolute atomic E-state index is 0.0116. The van der Waals surface area contributed by atoms with E-state index in [0.717, 1.165) is 60.8 Å². The number of carbonyl (C=O) groups is 2. The highest BCUT2D eigenvalue weighted by Crippen LogP contribution is 2.65. The van der Waals surface area contributed by atoms with Crippen molar-refractivity contribution in [3.63, 3.8) is 0 Å². The minimum Gasteiger partial charge on any atom is -0.508 e. The Morgan fingerprint density at radius 3 is 1.40 bits per heavy atom. The van der Waals surface area contributed by atoms with Crippen LogP contribution in [0.4, 0.5) is 0 Å². The lowest BCUT2D eigenvalue weighted by Crippen LogP contribution is -2.56. The van der Waals surface area contributed by atoms with Gasteiger partial charge in [-0.3, -0.25) is 9.59 Å². The first-order valence-corrected chi connectivity index (χ1v) is 18.6. The Morgan fingerprint density at radius 1 is 0.640 bits per heavy atom. The topological polar surface area (TPSA) is 154 Å². The van der Waals surface area contributed by atoms with E-state index in [1.54, 1.807) is 12.1 Å². The van der Waals surface area contributed by atoms with E-state index in [-0.39, 0.29) is 87.4 Å². The standard InChI is InChI=1S/C40H53NO9/c1-39(2)29-21-31(39)33(44)19-27(29)37-23(15-25(42)17-35(37)46)11-7-5-9-13-49-41(48)50-14-10-6-8-12-24-16-26(43)18-36(47)38(24)28-20-34(45)32-22-30(28)40(32,3)4/h15-18,27-32H,5-14,19-22H2,1-4H3,(H3-,42,43,46,47)/p+1/t27-,28-,29+,30+,31+,32+/m0/s1. The Labute approximate surface area is 294 Å². The molecule has 0 heterocycles. The highest BCUT2D eigenvalue weighted by Gasteiger charge is 2.60. The van der Waals surface area contributed by atoms with Crippen LogP contribution >= 0.6 is 0 Å². The molecule has 4 bridgehead atoms. The summed E-state index contributed by atoms with van der Waals surface area (Å²) in [7, 11) is 0. The van der Waals surface area contributed by atoms with Crippen LogP contribution in [-0.2, 0) is 32.1 Å². The van der Waals surface area contributed by atoms with E-state index in [2.05, 4.69) is 27.7 Å². The third-order valence-electron chi connectivity index (χ3n) is 13.1. The molecule has 10 nitrogen and oxygen atoms in total. The van der Waals surface area contributed by atoms with Crippen molar-refractivity contribution in [1.29, 1.82) is 0 Å². The van der Waals surface area contributed by atoms with Gasteiger partial charge in [0.25, 0.3) is 0 Å². The molecule has 50 heavy (non-hydrogen) atoms. The number of rotatable bonds is 16. The number of benzene rings is 2. The van der Waals surface area contributed by atoms with Crippen LogP contribution in [0.15, 0.2) is 24.3 Å². The SMILES string of the molecule is CC1(C)[C@@H]2C[C@@H]1[C@@H](c1c(O)cc(O)cc1CCCCCO[N+](=O)OCCCCCc1cc(O)cc(O)c1[C@H]1CC(=O)[C@H]3C[C@H]1C3(C)C)CC2=O. The summed E-state index contributed by atoms with van der Waals surface area (Å²) in [5.74, 6) is 1.45. The first kappa shape index (κ1) is 36.0. The molecule has 2 aromatic rings. The average Bonchev–Trinajstić information content (AvgIpc) is 3.02. The van der Waals surface area contributed by atoms with Gasteiger partial charge in [0.05, 0.1) is 0 Å². The fourth-order valence-corrected chi connectivity index (χ4v) is 10.1. The van der Waals surface area contributed by atoms with Gasteiger partial charge in [0.2, 0.25) is 0 Å². The van der Waals surface area contributed by atoms with Crippen LogP contribution in [0.2, 0.25) is 0 Å². The van der Waals surface area contributed by atoms with Gasteiger partial charge in [0.15, 0.2) is 13.2 Å². The summed E-state index contributed by atoms with van der Waals surface area (Å²) >= 11 is 0. The molecule has 6 fully saturated rings. The third kappa shape index (κ3) is 6.79. The average molecular weight is 693 g/mol. The van der Waals surface area contributed by atoms with Crippen LogP contribution in [-0.4, -0.2) is 50.3 Å². The lowest BCUT2D eigenvalue weighted by atomic mass is 9.44. The number of Topliss-reactive ketones (excluding diaryl/α,β-unsaturated/α-hetero) is 2. The monoisotopic (exact) mass is 692 g/mol. The minimum atomic E-state index is -0.0804. The van der Waals surface area contributed by atoms with Crippen LogP contribution in [0.25, 0.3) is 0 Å². The van der Waals surface area contributed by atoms with Gasteiger partial charge in [0.1, 0.15) is 39.5 Å². The van der Waals surface area contributed by atoms with Crippen molar-refractivity contribution in [3.05, 3.63) is 51.4 Å². The quantitative estimate of drug-likeness (QED) is 0.102. The van der Waals surface area contributed by atoms with E-state index in [1.165, 1.54) is 12.1 Å². The van der Waals surface area contributed by atoms with Gasteiger partial charge < -0.3 is 20.4 Å². The molecule has 6 aliphatic carbocycles. The van der Waals surface area contributed by atoms with E-state index in [9.17, 15) is 34.9 Å². The molecule has 6 aliphatic rings. The number of fused-ring (bicyclic) bond motifs is 4. The maximum Gasteiger partial charge on any atom is 0.477 e. The summed E-state index contributed by atoms with van der Waals surface area (Å²) in [5.41, 5.74) is 3.18. The predicted molar refractivity (Wildman–Crippen MR) is 186 cm³/mol. The number of carbonyl (C=O) groups excluding carboxylic acids is 2. The summed E-state index contributed by atoms with van der Waals surface area (Å²) in [4.78, 5) is 48.0. The normalized spacial score (nSPS) is 27.3. The zero-order valence-corrected chi connectivity index (χ0v) is 30.0. The zero-order chi connectivity index (χ0) is 36.0. The number of aromatic hydroxyl groups is 4. The maximum atomic E-state index is 12.8. The van der Waals surface area contributed by atoms with Crippen molar-refractivity contribution in [1.82, 2.24) is 0 Å². The molecule has 0 saturated heterocycles. The van der Waals surface area contributed by atoms with Crippen LogP contribution in [0, 0.1) is 39.4 Å². The van der Waals surface area contributed by atoms with Crippen molar-refractivity contribution in [2.45, 2.75) is 117 Å².